The molecule has 2 heterocycles. The van der Waals surface area contributed by atoms with Crippen LogP contribution < -0.4 is 11.1 Å². The molecule has 2 aromatic heterocycles. The fourth-order valence-electron chi connectivity index (χ4n) is 1.57. The maximum absolute atomic E-state index is 11.9. The van der Waals surface area contributed by atoms with Crippen LogP contribution in [0.25, 0.3) is 0 Å². The predicted octanol–water partition coefficient (Wildman–Crippen LogP) is 1.74. The molecule has 0 bridgehead atoms. The lowest BCUT2D eigenvalue weighted by molar-refractivity contribution is 0.101. The van der Waals surface area contributed by atoms with E-state index in [-0.39, 0.29) is 5.91 Å². The fourth-order valence-corrected chi connectivity index (χ4v) is 1.57. The van der Waals surface area contributed by atoms with Gasteiger partial charge in [-0.1, -0.05) is 0 Å². The molecule has 2 aromatic rings. The maximum Gasteiger partial charge on any atom is 0.272 e. The number of anilines is 2. The molecule has 0 aliphatic carbocycles. The lowest BCUT2D eigenvalue weighted by atomic mass is 10.3. The summed E-state index contributed by atoms with van der Waals surface area (Å²) in [5.74, 6) is 0.281. The molecule has 0 aliphatic heterocycles. The molecule has 88 valence electrons. The van der Waals surface area contributed by atoms with Gasteiger partial charge in [0.25, 0.3) is 5.91 Å². The third-order valence-electron chi connectivity index (χ3n) is 2.45. The van der Waals surface area contributed by atoms with Crippen molar-refractivity contribution in [1.29, 1.82) is 0 Å². The Hall–Kier alpha value is -2.30. The molecule has 5 heteroatoms. The van der Waals surface area contributed by atoms with Gasteiger partial charge in [-0.05, 0) is 31.2 Å². The number of aryl methyl sites for hydroxylation is 1. The van der Waals surface area contributed by atoms with Gasteiger partial charge in [0.2, 0.25) is 0 Å². The van der Waals surface area contributed by atoms with Crippen LogP contribution in [-0.4, -0.2) is 15.5 Å². The van der Waals surface area contributed by atoms with Crippen molar-refractivity contribution in [3.63, 3.8) is 0 Å². The zero-order chi connectivity index (χ0) is 12.3. The van der Waals surface area contributed by atoms with Gasteiger partial charge in [0.05, 0.1) is 11.9 Å². The van der Waals surface area contributed by atoms with Crippen LogP contribution in [0.15, 0.2) is 36.7 Å². The van der Waals surface area contributed by atoms with Crippen molar-refractivity contribution in [2.24, 2.45) is 0 Å². The van der Waals surface area contributed by atoms with Crippen LogP contribution in [0.4, 0.5) is 11.5 Å². The zero-order valence-electron chi connectivity index (χ0n) is 9.55. The van der Waals surface area contributed by atoms with Gasteiger partial charge in [-0.2, -0.15) is 0 Å². The number of nitrogens with two attached hydrogens (primary N) is 1. The molecular weight excluding hydrogens is 216 g/mol. The number of aromatic nitrogens is 2. The highest BCUT2D eigenvalue weighted by molar-refractivity contribution is 6.03. The molecule has 17 heavy (non-hydrogen) atoms. The molecule has 0 aliphatic rings. The Bertz CT molecular complexity index is 516. The van der Waals surface area contributed by atoms with Crippen molar-refractivity contribution in [3.8, 4) is 0 Å². The second-order valence-electron chi connectivity index (χ2n) is 3.61. The highest BCUT2D eigenvalue weighted by atomic mass is 16.1. The molecule has 0 aromatic carbocycles. The summed E-state index contributed by atoms with van der Waals surface area (Å²) in [5, 5.41) is 2.77. The summed E-state index contributed by atoms with van der Waals surface area (Å²) in [5.41, 5.74) is 6.73. The standard InChI is InChI=1S/C12H14N4O/c1-2-16-7-3-4-10(16)12(17)15-9-5-6-11(13)14-8-9/h3-8H,2H2,1H3,(H2,13,14)(H,15,17). The number of hydrogen-bond acceptors (Lipinski definition) is 3. The minimum atomic E-state index is -0.150. The van der Waals surface area contributed by atoms with Gasteiger partial charge in [0, 0.05) is 12.7 Å². The molecule has 0 fully saturated rings. The average Bonchev–Trinajstić information content (AvgIpc) is 2.80. The van der Waals surface area contributed by atoms with E-state index < -0.39 is 0 Å². The van der Waals surface area contributed by atoms with Gasteiger partial charge in [-0.15, -0.1) is 0 Å². The molecule has 5 nitrogen and oxygen atoms in total. The topological polar surface area (TPSA) is 72.9 Å². The molecular formula is C12H14N4O. The van der Waals surface area contributed by atoms with E-state index in [1.54, 1.807) is 18.2 Å². The van der Waals surface area contributed by atoms with Crippen molar-refractivity contribution >= 4 is 17.4 Å². The lowest BCUT2D eigenvalue weighted by Gasteiger charge is -2.07. The van der Waals surface area contributed by atoms with E-state index in [9.17, 15) is 4.79 Å². The number of nitrogens with one attached hydrogen (secondary N) is 1. The molecule has 1 amide bonds. The Labute approximate surface area is 99.3 Å². The highest BCUT2D eigenvalue weighted by Crippen LogP contribution is 2.10. The minimum absolute atomic E-state index is 0.150. The number of nitrogen functional groups attached to an aromatic ring is 1. The molecule has 0 radical (unpaired) electrons. The van der Waals surface area contributed by atoms with Crippen LogP contribution in [0, 0.1) is 0 Å². The van der Waals surface area contributed by atoms with Crippen molar-refractivity contribution in [2.75, 3.05) is 11.1 Å². The maximum atomic E-state index is 11.9. The number of nitrogens with zero attached hydrogens (tertiary/aromatic N) is 2. The minimum Gasteiger partial charge on any atom is -0.384 e. The first kappa shape index (κ1) is 11.2. The Morgan fingerprint density at radius 3 is 2.94 bits per heavy atom. The highest BCUT2D eigenvalue weighted by Gasteiger charge is 2.09. The number of hydrogen-bond donors (Lipinski definition) is 2. The van der Waals surface area contributed by atoms with Crippen LogP contribution in [-0.2, 0) is 6.54 Å². The van der Waals surface area contributed by atoms with Gasteiger partial charge in [0.1, 0.15) is 11.5 Å². The molecule has 0 atom stereocenters. The van der Waals surface area contributed by atoms with Crippen molar-refractivity contribution in [1.82, 2.24) is 9.55 Å². The normalized spacial score (nSPS) is 10.2. The number of rotatable bonds is 3. The van der Waals surface area contributed by atoms with Crippen LogP contribution in [0.1, 0.15) is 17.4 Å². The second kappa shape index (κ2) is 4.69. The SMILES string of the molecule is CCn1cccc1C(=O)Nc1ccc(N)nc1. The van der Waals surface area contributed by atoms with E-state index in [0.717, 1.165) is 6.54 Å². The number of carbonyl (C=O) groups is 1. The monoisotopic (exact) mass is 230 g/mol. The van der Waals surface area contributed by atoms with Crippen LogP contribution in [0.2, 0.25) is 0 Å². The first-order chi connectivity index (χ1) is 8.20. The molecule has 0 unspecified atom stereocenters. The predicted molar refractivity (Wildman–Crippen MR) is 66.7 cm³/mol. The summed E-state index contributed by atoms with van der Waals surface area (Å²) in [6.07, 6.45) is 3.41. The molecule has 0 saturated heterocycles. The first-order valence-corrected chi connectivity index (χ1v) is 5.38. The number of pyridine rings is 1. The van der Waals surface area contributed by atoms with E-state index in [4.69, 9.17) is 5.73 Å². The zero-order valence-corrected chi connectivity index (χ0v) is 9.55. The Morgan fingerprint density at radius 1 is 1.47 bits per heavy atom. The summed E-state index contributed by atoms with van der Waals surface area (Å²) in [7, 11) is 0. The van der Waals surface area contributed by atoms with Gasteiger partial charge >= 0.3 is 0 Å². The van der Waals surface area contributed by atoms with E-state index in [2.05, 4.69) is 10.3 Å². The molecule has 2 rings (SSSR count). The molecule has 3 N–H and O–H groups in total. The smallest absolute Gasteiger partial charge is 0.272 e. The van der Waals surface area contributed by atoms with Gasteiger partial charge in [0.15, 0.2) is 0 Å². The van der Waals surface area contributed by atoms with E-state index in [1.807, 2.05) is 23.8 Å². The number of amides is 1. The summed E-state index contributed by atoms with van der Waals surface area (Å²) in [6.45, 7) is 2.75. The Morgan fingerprint density at radius 2 is 2.29 bits per heavy atom. The van der Waals surface area contributed by atoms with Crippen LogP contribution in [0.5, 0.6) is 0 Å². The summed E-state index contributed by atoms with van der Waals surface area (Å²) in [6, 6.07) is 7.00. The van der Waals surface area contributed by atoms with E-state index in [1.165, 1.54) is 6.20 Å². The van der Waals surface area contributed by atoms with Gasteiger partial charge in [-0.25, -0.2) is 4.98 Å². The molecule has 0 spiro atoms. The fraction of sp³-hybridized carbons (Fsp3) is 0.167. The van der Waals surface area contributed by atoms with Crippen molar-refractivity contribution < 1.29 is 4.79 Å². The van der Waals surface area contributed by atoms with E-state index in [0.29, 0.717) is 17.2 Å². The van der Waals surface area contributed by atoms with Crippen molar-refractivity contribution in [3.05, 3.63) is 42.4 Å². The Kier molecular flexibility index (Phi) is 3.09. The average molecular weight is 230 g/mol. The largest absolute Gasteiger partial charge is 0.384 e. The molecule has 0 saturated carbocycles. The summed E-state index contributed by atoms with van der Waals surface area (Å²) >= 11 is 0. The van der Waals surface area contributed by atoms with Gasteiger partial charge < -0.3 is 15.6 Å². The van der Waals surface area contributed by atoms with Crippen LogP contribution in [0.3, 0.4) is 0 Å². The van der Waals surface area contributed by atoms with Gasteiger partial charge in [-0.3, -0.25) is 4.79 Å². The second-order valence-corrected chi connectivity index (χ2v) is 3.61. The Balaban J connectivity index is 2.14. The quantitative estimate of drug-likeness (QED) is 0.843. The number of carbonyl (C=O) groups excluding carboxylic acids is 1. The van der Waals surface area contributed by atoms with Crippen LogP contribution >= 0.6 is 0 Å². The third-order valence-corrected chi connectivity index (χ3v) is 2.45. The third kappa shape index (κ3) is 2.44. The first-order valence-electron chi connectivity index (χ1n) is 5.38. The summed E-state index contributed by atoms with van der Waals surface area (Å²) < 4.78 is 1.88. The summed E-state index contributed by atoms with van der Waals surface area (Å²) in [4.78, 5) is 15.9. The lowest BCUT2D eigenvalue weighted by Crippen LogP contribution is -2.16. The van der Waals surface area contributed by atoms with Crippen molar-refractivity contribution in [2.45, 2.75) is 13.5 Å². The van der Waals surface area contributed by atoms with E-state index >= 15 is 0 Å².